The van der Waals surface area contributed by atoms with Crippen LogP contribution >= 0.6 is 11.6 Å². The van der Waals surface area contributed by atoms with Crippen molar-refractivity contribution >= 4 is 11.6 Å². The first kappa shape index (κ1) is 13.8. The van der Waals surface area contributed by atoms with Crippen LogP contribution in [0.2, 0.25) is 5.15 Å². The molecule has 1 fully saturated rings. The second kappa shape index (κ2) is 6.55. The van der Waals surface area contributed by atoms with Crippen LogP contribution in [0.4, 0.5) is 0 Å². The van der Waals surface area contributed by atoms with Crippen LogP contribution in [0.3, 0.4) is 0 Å². The number of imidazole rings is 1. The quantitative estimate of drug-likeness (QED) is 0.894. The number of hydrogen-bond donors (Lipinski definition) is 1. The van der Waals surface area contributed by atoms with Gasteiger partial charge in [0.25, 0.3) is 0 Å². The fraction of sp³-hybridized carbons (Fsp3) is 0.769. The van der Waals surface area contributed by atoms with Crippen LogP contribution in [0.25, 0.3) is 0 Å². The molecule has 0 saturated heterocycles. The molecule has 0 bridgehead atoms. The van der Waals surface area contributed by atoms with Gasteiger partial charge in [0.1, 0.15) is 17.6 Å². The van der Waals surface area contributed by atoms with Crippen LogP contribution < -0.4 is 5.32 Å². The Hall–Kier alpha value is -0.580. The molecule has 0 aliphatic heterocycles. The Morgan fingerprint density at radius 3 is 2.72 bits per heavy atom. The van der Waals surface area contributed by atoms with Crippen molar-refractivity contribution in [3.05, 3.63) is 17.2 Å². The van der Waals surface area contributed by atoms with Crippen molar-refractivity contribution in [1.82, 2.24) is 14.9 Å². The summed E-state index contributed by atoms with van der Waals surface area (Å²) in [5, 5.41) is 4.16. The van der Waals surface area contributed by atoms with Crippen LogP contribution in [0.5, 0.6) is 0 Å². The van der Waals surface area contributed by atoms with E-state index in [0.717, 1.165) is 25.2 Å². The van der Waals surface area contributed by atoms with Gasteiger partial charge in [0.05, 0.1) is 12.3 Å². The molecule has 0 unspecified atom stereocenters. The maximum Gasteiger partial charge on any atom is 0.135 e. The number of halogens is 1. The Kier molecular flexibility index (Phi) is 5.03. The maximum absolute atomic E-state index is 5.94. The van der Waals surface area contributed by atoms with Gasteiger partial charge >= 0.3 is 0 Å². The summed E-state index contributed by atoms with van der Waals surface area (Å²) in [5.41, 5.74) is 0. The van der Waals surface area contributed by atoms with Gasteiger partial charge in [-0.1, -0.05) is 18.5 Å². The zero-order chi connectivity index (χ0) is 13.0. The molecule has 1 N–H and O–H groups in total. The summed E-state index contributed by atoms with van der Waals surface area (Å²) in [7, 11) is 1.91. The zero-order valence-electron chi connectivity index (χ0n) is 11.2. The van der Waals surface area contributed by atoms with Gasteiger partial charge in [-0.25, -0.2) is 4.98 Å². The first-order valence-corrected chi connectivity index (χ1v) is 7.09. The first-order valence-electron chi connectivity index (χ1n) is 6.71. The number of aromatic nitrogens is 2. The fourth-order valence-corrected chi connectivity index (χ4v) is 2.62. The van der Waals surface area contributed by atoms with Crippen LogP contribution in [-0.2, 0) is 18.4 Å². The molecule has 1 aliphatic carbocycles. The lowest BCUT2D eigenvalue weighted by Crippen LogP contribution is -2.35. The van der Waals surface area contributed by atoms with Gasteiger partial charge in [0, 0.05) is 13.1 Å². The van der Waals surface area contributed by atoms with Gasteiger partial charge in [-0.15, -0.1) is 0 Å². The molecule has 2 rings (SSSR count). The van der Waals surface area contributed by atoms with E-state index in [-0.39, 0.29) is 0 Å². The minimum Gasteiger partial charge on any atom is -0.370 e. The normalized spacial score (nSPS) is 24.4. The minimum atomic E-state index is 0.371. The van der Waals surface area contributed by atoms with Gasteiger partial charge in [-0.05, 0) is 32.2 Å². The SMILES string of the molecule is CCNC1CCC(OCc2ncc(Cl)n2C)CC1. The van der Waals surface area contributed by atoms with E-state index in [1.807, 2.05) is 11.6 Å². The number of hydrogen-bond acceptors (Lipinski definition) is 3. The van der Waals surface area contributed by atoms with Gasteiger partial charge < -0.3 is 14.6 Å². The molecule has 1 saturated carbocycles. The molecule has 0 radical (unpaired) electrons. The molecule has 18 heavy (non-hydrogen) atoms. The van der Waals surface area contributed by atoms with Crippen molar-refractivity contribution in [2.75, 3.05) is 6.54 Å². The van der Waals surface area contributed by atoms with Crippen molar-refractivity contribution in [2.45, 2.75) is 51.4 Å². The second-order valence-corrected chi connectivity index (χ2v) is 5.29. The smallest absolute Gasteiger partial charge is 0.135 e. The van der Waals surface area contributed by atoms with E-state index in [1.54, 1.807) is 6.20 Å². The largest absolute Gasteiger partial charge is 0.370 e. The Balaban J connectivity index is 1.74. The Morgan fingerprint density at radius 2 is 2.17 bits per heavy atom. The van der Waals surface area contributed by atoms with Gasteiger partial charge in [0.15, 0.2) is 0 Å². The number of ether oxygens (including phenoxy) is 1. The van der Waals surface area contributed by atoms with Crippen molar-refractivity contribution in [1.29, 1.82) is 0 Å². The average Bonchev–Trinajstić information content (AvgIpc) is 2.70. The third-order valence-electron chi connectivity index (χ3n) is 3.64. The van der Waals surface area contributed by atoms with Gasteiger partial charge in [-0.3, -0.25) is 0 Å². The molecular weight excluding hydrogens is 250 g/mol. The Morgan fingerprint density at radius 1 is 1.44 bits per heavy atom. The summed E-state index contributed by atoms with van der Waals surface area (Å²) in [4.78, 5) is 4.24. The predicted octanol–water partition coefficient (Wildman–Crippen LogP) is 2.51. The molecule has 1 aliphatic rings. The summed E-state index contributed by atoms with van der Waals surface area (Å²) in [6, 6.07) is 0.678. The summed E-state index contributed by atoms with van der Waals surface area (Å²) in [6.45, 7) is 3.77. The van der Waals surface area contributed by atoms with Gasteiger partial charge in [-0.2, -0.15) is 0 Å². The van der Waals surface area contributed by atoms with E-state index in [0.29, 0.717) is 23.9 Å². The lowest BCUT2D eigenvalue weighted by atomic mass is 9.93. The first-order chi connectivity index (χ1) is 8.70. The molecule has 0 aromatic carbocycles. The summed E-state index contributed by atoms with van der Waals surface area (Å²) in [5.74, 6) is 0.897. The van der Waals surface area contributed by atoms with Crippen LogP contribution in [0.15, 0.2) is 6.20 Å². The van der Waals surface area contributed by atoms with Crippen LogP contribution in [-0.4, -0.2) is 28.2 Å². The molecule has 0 atom stereocenters. The molecule has 1 aromatic heterocycles. The lowest BCUT2D eigenvalue weighted by molar-refractivity contribution is 0.00738. The van der Waals surface area contributed by atoms with Crippen molar-refractivity contribution in [3.63, 3.8) is 0 Å². The van der Waals surface area contributed by atoms with E-state index < -0.39 is 0 Å². The molecule has 1 aromatic rings. The van der Waals surface area contributed by atoms with Gasteiger partial charge in [0.2, 0.25) is 0 Å². The Labute approximate surface area is 114 Å². The van der Waals surface area contributed by atoms with E-state index in [4.69, 9.17) is 16.3 Å². The van der Waals surface area contributed by atoms with E-state index in [2.05, 4.69) is 17.2 Å². The fourth-order valence-electron chi connectivity index (χ4n) is 2.47. The van der Waals surface area contributed by atoms with Crippen LogP contribution in [0.1, 0.15) is 38.4 Å². The topological polar surface area (TPSA) is 39.1 Å². The van der Waals surface area contributed by atoms with E-state index in [9.17, 15) is 0 Å². The molecule has 0 amide bonds. The van der Waals surface area contributed by atoms with Crippen molar-refractivity contribution < 1.29 is 4.74 Å². The minimum absolute atomic E-state index is 0.371. The molecular formula is C13H22ClN3O. The maximum atomic E-state index is 5.94. The standard InChI is InChI=1S/C13H22ClN3O/c1-3-15-10-4-6-11(7-5-10)18-9-13-16-8-12(14)17(13)2/h8,10-11,15H,3-7,9H2,1-2H3. The molecule has 0 spiro atoms. The number of nitrogens with one attached hydrogen (secondary N) is 1. The predicted molar refractivity (Wildman–Crippen MR) is 72.7 cm³/mol. The van der Waals surface area contributed by atoms with Crippen molar-refractivity contribution in [3.8, 4) is 0 Å². The highest BCUT2D eigenvalue weighted by molar-refractivity contribution is 6.29. The zero-order valence-corrected chi connectivity index (χ0v) is 11.9. The summed E-state index contributed by atoms with van der Waals surface area (Å²) < 4.78 is 7.79. The average molecular weight is 272 g/mol. The molecule has 1 heterocycles. The van der Waals surface area contributed by atoms with Crippen molar-refractivity contribution in [2.24, 2.45) is 7.05 Å². The summed E-state index contributed by atoms with van der Waals surface area (Å²) >= 11 is 5.94. The third kappa shape index (κ3) is 3.46. The molecule has 5 heteroatoms. The highest BCUT2D eigenvalue weighted by Gasteiger charge is 2.21. The molecule has 4 nitrogen and oxygen atoms in total. The highest BCUT2D eigenvalue weighted by atomic mass is 35.5. The highest BCUT2D eigenvalue weighted by Crippen LogP contribution is 2.22. The van der Waals surface area contributed by atoms with E-state index >= 15 is 0 Å². The number of rotatable bonds is 5. The van der Waals surface area contributed by atoms with Crippen LogP contribution in [0, 0.1) is 0 Å². The number of nitrogens with zero attached hydrogens (tertiary/aromatic N) is 2. The molecule has 102 valence electrons. The monoisotopic (exact) mass is 271 g/mol. The second-order valence-electron chi connectivity index (χ2n) is 4.90. The Bertz CT molecular complexity index is 372. The third-order valence-corrected chi connectivity index (χ3v) is 3.99. The van der Waals surface area contributed by atoms with E-state index in [1.165, 1.54) is 12.8 Å². The lowest BCUT2D eigenvalue weighted by Gasteiger charge is -2.28. The summed E-state index contributed by atoms with van der Waals surface area (Å²) in [6.07, 6.45) is 6.73.